The molecule has 17 heavy (non-hydrogen) atoms. The number of ketones is 1. The Morgan fingerprint density at radius 3 is 2.53 bits per heavy atom. The van der Waals surface area contributed by atoms with Crippen LogP contribution < -0.4 is 4.72 Å². The van der Waals surface area contributed by atoms with Gasteiger partial charge in [0.05, 0.1) is 16.4 Å². The molecule has 0 atom stereocenters. The minimum absolute atomic E-state index is 0.120. The van der Waals surface area contributed by atoms with E-state index in [0.29, 0.717) is 0 Å². The van der Waals surface area contributed by atoms with Gasteiger partial charge in [-0.05, 0) is 28.1 Å². The van der Waals surface area contributed by atoms with Gasteiger partial charge in [0.2, 0.25) is 10.0 Å². The fraction of sp³-hybridized carbons (Fsp3) is 0.300. The molecule has 0 radical (unpaired) electrons. The third-order valence-electron chi connectivity index (χ3n) is 2.00. The summed E-state index contributed by atoms with van der Waals surface area (Å²) >= 11 is 3.04. The van der Waals surface area contributed by atoms with Crippen LogP contribution in [0.4, 0.5) is 10.1 Å². The zero-order valence-electron chi connectivity index (χ0n) is 9.25. The second-order valence-corrected chi connectivity index (χ2v) is 5.98. The highest BCUT2D eigenvalue weighted by atomic mass is 79.9. The van der Waals surface area contributed by atoms with E-state index in [1.807, 2.05) is 4.72 Å². The second-order valence-electron chi connectivity index (χ2n) is 3.43. The second kappa shape index (κ2) is 5.14. The fourth-order valence-electron chi connectivity index (χ4n) is 1.24. The van der Waals surface area contributed by atoms with Crippen LogP contribution in [0.3, 0.4) is 0 Å². The Morgan fingerprint density at radius 2 is 2.06 bits per heavy atom. The molecule has 0 unspecified atom stereocenters. The molecule has 0 bridgehead atoms. The van der Waals surface area contributed by atoms with Gasteiger partial charge < -0.3 is 0 Å². The lowest BCUT2D eigenvalue weighted by atomic mass is 10.1. The molecule has 0 aliphatic carbocycles. The summed E-state index contributed by atoms with van der Waals surface area (Å²) in [5.41, 5.74) is 0.00634. The monoisotopic (exact) mass is 323 g/mol. The SMILES string of the molecule is CCC(=O)c1ccc(F)c(NS(C)(=O)=O)c1Br. The van der Waals surface area contributed by atoms with Gasteiger partial charge in [0.1, 0.15) is 5.82 Å². The molecule has 0 saturated heterocycles. The molecule has 1 aromatic rings. The molecule has 0 amide bonds. The Kier molecular flexibility index (Phi) is 4.26. The zero-order valence-corrected chi connectivity index (χ0v) is 11.7. The van der Waals surface area contributed by atoms with Crippen molar-refractivity contribution in [2.24, 2.45) is 0 Å². The molecule has 4 nitrogen and oxygen atoms in total. The summed E-state index contributed by atoms with van der Waals surface area (Å²) in [5.74, 6) is -0.941. The van der Waals surface area contributed by atoms with E-state index in [-0.39, 0.29) is 27.9 Å². The van der Waals surface area contributed by atoms with Crippen molar-refractivity contribution in [3.05, 3.63) is 28.0 Å². The number of benzene rings is 1. The fourth-order valence-corrected chi connectivity index (χ4v) is 2.58. The Balaban J connectivity index is 3.35. The minimum atomic E-state index is -3.60. The predicted molar refractivity (Wildman–Crippen MR) is 67.2 cm³/mol. The highest BCUT2D eigenvalue weighted by Crippen LogP contribution is 2.30. The molecule has 0 aliphatic rings. The maximum Gasteiger partial charge on any atom is 0.229 e. The molecule has 0 aliphatic heterocycles. The number of nitrogens with one attached hydrogen (secondary N) is 1. The van der Waals surface area contributed by atoms with Crippen molar-refractivity contribution in [1.82, 2.24) is 0 Å². The third-order valence-corrected chi connectivity index (χ3v) is 3.40. The van der Waals surface area contributed by atoms with Crippen molar-refractivity contribution < 1.29 is 17.6 Å². The molecular weight excluding hydrogens is 313 g/mol. The number of anilines is 1. The van der Waals surface area contributed by atoms with Gasteiger partial charge in [-0.1, -0.05) is 6.92 Å². The Bertz CT molecular complexity index is 557. The maximum absolute atomic E-state index is 13.5. The lowest BCUT2D eigenvalue weighted by molar-refractivity contribution is 0.0987. The lowest BCUT2D eigenvalue weighted by Crippen LogP contribution is -2.13. The first-order chi connectivity index (χ1) is 7.76. The summed E-state index contributed by atoms with van der Waals surface area (Å²) in [5, 5.41) is 0. The summed E-state index contributed by atoms with van der Waals surface area (Å²) in [7, 11) is -3.60. The number of halogens is 2. The van der Waals surface area contributed by atoms with E-state index in [1.165, 1.54) is 6.07 Å². The number of hydrogen-bond acceptors (Lipinski definition) is 3. The highest BCUT2D eigenvalue weighted by molar-refractivity contribution is 9.10. The molecule has 0 saturated carbocycles. The van der Waals surface area contributed by atoms with Crippen molar-refractivity contribution in [1.29, 1.82) is 0 Å². The molecule has 1 N–H and O–H groups in total. The summed E-state index contributed by atoms with van der Waals surface area (Å²) in [6, 6.07) is 2.37. The Hall–Kier alpha value is -0.950. The smallest absolute Gasteiger partial charge is 0.229 e. The van der Waals surface area contributed by atoms with Gasteiger partial charge in [-0.2, -0.15) is 0 Å². The van der Waals surface area contributed by atoms with Crippen LogP contribution in [0.25, 0.3) is 0 Å². The highest BCUT2D eigenvalue weighted by Gasteiger charge is 2.17. The minimum Gasteiger partial charge on any atom is -0.294 e. The van der Waals surface area contributed by atoms with Gasteiger partial charge in [-0.15, -0.1) is 0 Å². The van der Waals surface area contributed by atoms with E-state index in [9.17, 15) is 17.6 Å². The van der Waals surface area contributed by atoms with Crippen LogP contribution in [0.5, 0.6) is 0 Å². The number of hydrogen-bond donors (Lipinski definition) is 1. The maximum atomic E-state index is 13.5. The number of carbonyl (C=O) groups excluding carboxylic acids is 1. The summed E-state index contributed by atoms with van der Waals surface area (Å²) in [4.78, 5) is 11.5. The van der Waals surface area contributed by atoms with Gasteiger partial charge in [-0.25, -0.2) is 12.8 Å². The third kappa shape index (κ3) is 3.50. The first kappa shape index (κ1) is 14.1. The normalized spacial score (nSPS) is 11.3. The molecule has 0 fully saturated rings. The average Bonchev–Trinajstić information content (AvgIpc) is 2.22. The summed E-state index contributed by atoms with van der Waals surface area (Å²) in [6.45, 7) is 1.67. The van der Waals surface area contributed by atoms with Crippen LogP contribution in [0.15, 0.2) is 16.6 Å². The van der Waals surface area contributed by atoms with E-state index < -0.39 is 15.8 Å². The zero-order chi connectivity index (χ0) is 13.2. The van der Waals surface area contributed by atoms with E-state index in [1.54, 1.807) is 6.92 Å². The predicted octanol–water partition coefficient (Wildman–Crippen LogP) is 2.55. The topological polar surface area (TPSA) is 63.2 Å². The first-order valence-electron chi connectivity index (χ1n) is 4.75. The quantitative estimate of drug-likeness (QED) is 0.866. The van der Waals surface area contributed by atoms with Crippen LogP contribution in [0, 0.1) is 5.82 Å². The molecule has 0 heterocycles. The van der Waals surface area contributed by atoms with Crippen LogP contribution in [-0.4, -0.2) is 20.5 Å². The number of rotatable bonds is 4. The number of carbonyl (C=O) groups is 1. The number of Topliss-reactive ketones (excluding diaryl/α,β-unsaturated/α-hetero) is 1. The Labute approximate surface area is 107 Å². The Morgan fingerprint density at radius 1 is 1.47 bits per heavy atom. The van der Waals surface area contributed by atoms with Crippen molar-refractivity contribution >= 4 is 37.4 Å². The molecule has 94 valence electrons. The van der Waals surface area contributed by atoms with E-state index in [0.717, 1.165) is 12.3 Å². The van der Waals surface area contributed by atoms with Crippen molar-refractivity contribution in [2.75, 3.05) is 11.0 Å². The molecule has 0 aromatic heterocycles. The average molecular weight is 324 g/mol. The molecular formula is C10H11BrFNO3S. The molecule has 1 rings (SSSR count). The first-order valence-corrected chi connectivity index (χ1v) is 7.43. The summed E-state index contributed by atoms with van der Waals surface area (Å²) in [6.07, 6.45) is 1.16. The van der Waals surface area contributed by atoms with E-state index in [4.69, 9.17) is 0 Å². The van der Waals surface area contributed by atoms with Gasteiger partial charge in [-0.3, -0.25) is 9.52 Å². The van der Waals surface area contributed by atoms with Gasteiger partial charge in [0, 0.05) is 12.0 Å². The van der Waals surface area contributed by atoms with Crippen LogP contribution >= 0.6 is 15.9 Å². The van der Waals surface area contributed by atoms with Crippen LogP contribution in [0.1, 0.15) is 23.7 Å². The van der Waals surface area contributed by atoms with Gasteiger partial charge in [0.15, 0.2) is 5.78 Å². The van der Waals surface area contributed by atoms with Crippen molar-refractivity contribution in [2.45, 2.75) is 13.3 Å². The van der Waals surface area contributed by atoms with Crippen LogP contribution in [-0.2, 0) is 10.0 Å². The largest absolute Gasteiger partial charge is 0.294 e. The molecule has 7 heteroatoms. The van der Waals surface area contributed by atoms with E-state index in [2.05, 4.69) is 15.9 Å². The van der Waals surface area contributed by atoms with Crippen molar-refractivity contribution in [3.8, 4) is 0 Å². The van der Waals surface area contributed by atoms with Gasteiger partial charge in [0.25, 0.3) is 0 Å². The summed E-state index contributed by atoms with van der Waals surface area (Å²) < 4.78 is 37.8. The standard InChI is InChI=1S/C10H11BrFNO3S/c1-3-8(14)6-4-5-7(12)10(9(6)11)13-17(2,15)16/h4-5,13H,3H2,1-2H3. The van der Waals surface area contributed by atoms with Gasteiger partial charge >= 0.3 is 0 Å². The van der Waals surface area contributed by atoms with E-state index >= 15 is 0 Å². The molecule has 0 spiro atoms. The molecule has 1 aromatic carbocycles. The van der Waals surface area contributed by atoms with Crippen molar-refractivity contribution in [3.63, 3.8) is 0 Å². The lowest BCUT2D eigenvalue weighted by Gasteiger charge is -2.10. The number of sulfonamides is 1. The van der Waals surface area contributed by atoms with Crippen LogP contribution in [0.2, 0.25) is 0 Å².